The molecular formula is C38H59N3O2. The lowest BCUT2D eigenvalue weighted by atomic mass is 9.79. The smallest absolute Gasteiger partial charge is 0.128 e. The minimum atomic E-state index is -0.175. The van der Waals surface area contributed by atoms with Crippen LogP contribution in [0.25, 0.3) is 0 Å². The number of aromatic hydroxyl groups is 2. The topological polar surface area (TPSA) is 68.4 Å². The molecule has 238 valence electrons. The monoisotopic (exact) mass is 589 g/mol. The van der Waals surface area contributed by atoms with Crippen LogP contribution < -0.4 is 0 Å². The highest BCUT2D eigenvalue weighted by molar-refractivity contribution is 5.86. The summed E-state index contributed by atoms with van der Waals surface area (Å²) in [5, 5.41) is 22.1. The first kappa shape index (κ1) is 34.8. The number of unbranched alkanes of at least 4 members (excludes halogenated alkanes) is 2. The van der Waals surface area contributed by atoms with Crippen molar-refractivity contribution in [1.82, 2.24) is 4.90 Å². The van der Waals surface area contributed by atoms with Crippen LogP contribution in [-0.2, 0) is 17.3 Å². The third kappa shape index (κ3) is 10.2. The molecule has 5 nitrogen and oxygen atoms in total. The molecule has 0 aliphatic heterocycles. The second kappa shape index (κ2) is 15.4. The van der Waals surface area contributed by atoms with E-state index >= 15 is 0 Å². The van der Waals surface area contributed by atoms with Gasteiger partial charge in [0.05, 0.1) is 12.1 Å². The SMILES string of the molecule is CCCCN(C)CCCCc1cc(C)c(O)c(C=NC2CCCCC2N=Cc2cc(C(C)(C)C)cc(C(C)(C)C)c2O)c1. The fourth-order valence-electron chi connectivity index (χ4n) is 5.93. The number of phenolic OH excluding ortho intramolecular Hbond substituents is 2. The second-order valence-corrected chi connectivity index (χ2v) is 14.9. The van der Waals surface area contributed by atoms with E-state index in [1.54, 1.807) is 0 Å². The number of nitrogens with zero attached hydrogens (tertiary/aromatic N) is 3. The first-order valence-corrected chi connectivity index (χ1v) is 16.7. The van der Waals surface area contributed by atoms with Gasteiger partial charge in [-0.15, -0.1) is 0 Å². The predicted octanol–water partition coefficient (Wildman–Crippen LogP) is 8.91. The van der Waals surface area contributed by atoms with E-state index < -0.39 is 0 Å². The Morgan fingerprint density at radius 1 is 0.791 bits per heavy atom. The van der Waals surface area contributed by atoms with Gasteiger partial charge in [-0.05, 0) is 105 Å². The molecule has 0 radical (unpaired) electrons. The van der Waals surface area contributed by atoms with Crippen LogP contribution in [0.3, 0.4) is 0 Å². The molecule has 5 heteroatoms. The van der Waals surface area contributed by atoms with Gasteiger partial charge in [-0.25, -0.2) is 0 Å². The van der Waals surface area contributed by atoms with E-state index in [-0.39, 0.29) is 22.9 Å². The first-order chi connectivity index (χ1) is 20.2. The van der Waals surface area contributed by atoms with Gasteiger partial charge < -0.3 is 15.1 Å². The minimum Gasteiger partial charge on any atom is -0.507 e. The lowest BCUT2D eigenvalue weighted by Crippen LogP contribution is -2.27. The standard InChI is InChI=1S/C38H59N3O2/c1-10-11-19-41(9)20-15-14-16-28-21-27(2)35(42)29(22-28)25-39-33-17-12-13-18-34(33)40-26-30-23-31(37(3,4)5)24-32(36(30)43)38(6,7)8/h21-26,33-34,42-43H,10-20H2,1-9H3. The zero-order chi connectivity index (χ0) is 31.8. The van der Waals surface area contributed by atoms with E-state index in [2.05, 4.69) is 84.7 Å². The molecule has 0 saturated heterocycles. The van der Waals surface area contributed by atoms with Gasteiger partial charge in [-0.1, -0.05) is 79.9 Å². The summed E-state index contributed by atoms with van der Waals surface area (Å²) in [6.45, 7) is 19.6. The average molecular weight is 590 g/mol. The van der Waals surface area contributed by atoms with Crippen molar-refractivity contribution < 1.29 is 10.2 Å². The Hall–Kier alpha value is -2.66. The van der Waals surface area contributed by atoms with E-state index in [0.717, 1.165) is 67.3 Å². The highest BCUT2D eigenvalue weighted by Crippen LogP contribution is 2.37. The summed E-state index contributed by atoms with van der Waals surface area (Å²) < 4.78 is 0. The van der Waals surface area contributed by atoms with Gasteiger partial charge >= 0.3 is 0 Å². The third-order valence-corrected chi connectivity index (χ3v) is 8.86. The van der Waals surface area contributed by atoms with Gasteiger partial charge in [0, 0.05) is 29.1 Å². The fourth-order valence-corrected chi connectivity index (χ4v) is 5.93. The summed E-state index contributed by atoms with van der Waals surface area (Å²) in [6.07, 6.45) is 13.8. The van der Waals surface area contributed by atoms with Crippen LogP contribution in [-0.4, -0.2) is 59.8 Å². The van der Waals surface area contributed by atoms with Crippen molar-refractivity contribution in [2.24, 2.45) is 9.98 Å². The number of benzene rings is 2. The number of hydrogen-bond acceptors (Lipinski definition) is 5. The summed E-state index contributed by atoms with van der Waals surface area (Å²) in [7, 11) is 2.21. The highest BCUT2D eigenvalue weighted by atomic mass is 16.3. The maximum absolute atomic E-state index is 11.2. The second-order valence-electron chi connectivity index (χ2n) is 14.9. The van der Waals surface area contributed by atoms with Crippen molar-refractivity contribution >= 4 is 12.4 Å². The maximum atomic E-state index is 11.2. The summed E-state index contributed by atoms with van der Waals surface area (Å²) >= 11 is 0. The highest BCUT2D eigenvalue weighted by Gasteiger charge is 2.26. The zero-order valence-corrected chi connectivity index (χ0v) is 28.6. The Balaban J connectivity index is 1.77. The van der Waals surface area contributed by atoms with Gasteiger partial charge in [0.15, 0.2) is 0 Å². The molecule has 2 aromatic carbocycles. The van der Waals surface area contributed by atoms with Crippen molar-refractivity contribution in [3.63, 3.8) is 0 Å². The molecule has 1 aliphatic rings. The molecule has 2 aromatic rings. The van der Waals surface area contributed by atoms with Crippen LogP contribution >= 0.6 is 0 Å². The normalized spacial score (nSPS) is 18.4. The van der Waals surface area contributed by atoms with Gasteiger partial charge in [0.25, 0.3) is 0 Å². The van der Waals surface area contributed by atoms with Gasteiger partial charge in [-0.3, -0.25) is 9.98 Å². The molecule has 0 amide bonds. The summed E-state index contributed by atoms with van der Waals surface area (Å²) in [6, 6.07) is 8.57. The Morgan fingerprint density at radius 2 is 1.37 bits per heavy atom. The molecule has 0 heterocycles. The third-order valence-electron chi connectivity index (χ3n) is 8.86. The molecule has 0 bridgehead atoms. The molecular weight excluding hydrogens is 530 g/mol. The molecule has 1 aliphatic carbocycles. The largest absolute Gasteiger partial charge is 0.507 e. The average Bonchev–Trinajstić information content (AvgIpc) is 2.93. The Labute approximate surface area is 262 Å². The van der Waals surface area contributed by atoms with Crippen molar-refractivity contribution in [1.29, 1.82) is 0 Å². The van der Waals surface area contributed by atoms with E-state index in [1.165, 1.54) is 36.9 Å². The molecule has 1 fully saturated rings. The van der Waals surface area contributed by atoms with Crippen molar-refractivity contribution in [3.05, 3.63) is 57.6 Å². The van der Waals surface area contributed by atoms with E-state index in [0.29, 0.717) is 11.5 Å². The van der Waals surface area contributed by atoms with Crippen LogP contribution in [0.5, 0.6) is 11.5 Å². The Morgan fingerprint density at radius 3 is 1.93 bits per heavy atom. The summed E-state index contributed by atoms with van der Waals surface area (Å²) in [5.41, 5.74) is 5.68. The number of aliphatic imine (C=N–C) groups is 2. The number of hydrogen-bond donors (Lipinski definition) is 2. The van der Waals surface area contributed by atoms with Crippen LogP contribution in [0.1, 0.15) is 133 Å². The van der Waals surface area contributed by atoms with Crippen molar-refractivity contribution in [2.75, 3.05) is 20.1 Å². The molecule has 0 spiro atoms. The first-order valence-electron chi connectivity index (χ1n) is 16.7. The molecule has 1 saturated carbocycles. The van der Waals surface area contributed by atoms with Gasteiger partial charge in [0.1, 0.15) is 11.5 Å². The summed E-state index contributed by atoms with van der Waals surface area (Å²) in [4.78, 5) is 12.5. The Kier molecular flexibility index (Phi) is 12.4. The lowest BCUT2D eigenvalue weighted by Gasteiger charge is -2.27. The van der Waals surface area contributed by atoms with E-state index in [9.17, 15) is 10.2 Å². The molecule has 2 unspecified atom stereocenters. The number of aryl methyl sites for hydroxylation is 2. The zero-order valence-electron chi connectivity index (χ0n) is 28.6. The van der Waals surface area contributed by atoms with Crippen molar-refractivity contribution in [2.45, 2.75) is 136 Å². The molecule has 43 heavy (non-hydrogen) atoms. The number of rotatable bonds is 12. The summed E-state index contributed by atoms with van der Waals surface area (Å²) in [5.74, 6) is 0.645. The predicted molar refractivity (Wildman–Crippen MR) is 185 cm³/mol. The fraction of sp³-hybridized carbons (Fsp3) is 0.632. The number of phenols is 2. The van der Waals surface area contributed by atoms with Crippen LogP contribution in [0, 0.1) is 6.92 Å². The molecule has 2 N–H and O–H groups in total. The van der Waals surface area contributed by atoms with Crippen molar-refractivity contribution in [3.8, 4) is 11.5 Å². The molecule has 2 atom stereocenters. The van der Waals surface area contributed by atoms with E-state index in [1.807, 2.05) is 19.4 Å². The van der Waals surface area contributed by atoms with E-state index in [4.69, 9.17) is 9.98 Å². The minimum absolute atomic E-state index is 0.0341. The molecule has 3 rings (SSSR count). The maximum Gasteiger partial charge on any atom is 0.128 e. The van der Waals surface area contributed by atoms with Gasteiger partial charge in [0.2, 0.25) is 0 Å². The molecule has 0 aromatic heterocycles. The Bertz CT molecular complexity index is 1250. The van der Waals surface area contributed by atoms with Crippen LogP contribution in [0.4, 0.5) is 0 Å². The van der Waals surface area contributed by atoms with Crippen LogP contribution in [0.2, 0.25) is 0 Å². The quantitative estimate of drug-likeness (QED) is 0.192. The van der Waals surface area contributed by atoms with Crippen LogP contribution in [0.15, 0.2) is 34.3 Å². The van der Waals surface area contributed by atoms with Gasteiger partial charge in [-0.2, -0.15) is 0 Å². The lowest BCUT2D eigenvalue weighted by molar-refractivity contribution is 0.320.